The van der Waals surface area contributed by atoms with E-state index in [1.807, 2.05) is 26.0 Å². The van der Waals surface area contributed by atoms with E-state index >= 15 is 0 Å². The Hall–Kier alpha value is -3.44. The number of carboxylic acid groups (broad SMARTS) is 1. The normalized spacial score (nSPS) is 16.2. The SMILES string of the molecule is Cc1cc(-c2nnc(N(CC3CC3)C(=O)c3ccc(F)cc3F)s2)cc(C)c1OCCN1CCC(C(=O)O)CC1. The first-order chi connectivity index (χ1) is 19.2. The smallest absolute Gasteiger partial charge is 0.306 e. The summed E-state index contributed by atoms with van der Waals surface area (Å²) in [6.45, 7) is 7.07. The summed E-state index contributed by atoms with van der Waals surface area (Å²) in [6.07, 6.45) is 3.30. The molecule has 1 aliphatic heterocycles. The second-order valence-corrected chi connectivity index (χ2v) is 11.6. The van der Waals surface area contributed by atoms with Gasteiger partial charge >= 0.3 is 5.97 Å². The molecular weight excluding hydrogens is 538 g/mol. The predicted octanol–water partition coefficient (Wildman–Crippen LogP) is 5.33. The molecule has 11 heteroatoms. The summed E-state index contributed by atoms with van der Waals surface area (Å²) in [5.74, 6) is -2.04. The molecular formula is C29H32F2N4O4S. The molecule has 8 nitrogen and oxygen atoms in total. The molecule has 0 radical (unpaired) electrons. The fourth-order valence-electron chi connectivity index (χ4n) is 5.04. The number of anilines is 1. The molecule has 5 rings (SSSR count). The van der Waals surface area contributed by atoms with Crippen LogP contribution in [0.3, 0.4) is 0 Å². The minimum Gasteiger partial charge on any atom is -0.492 e. The van der Waals surface area contributed by atoms with Crippen molar-refractivity contribution in [2.24, 2.45) is 11.8 Å². The van der Waals surface area contributed by atoms with Crippen LogP contribution in [-0.4, -0.2) is 64.9 Å². The Bertz CT molecular complexity index is 1380. The summed E-state index contributed by atoms with van der Waals surface area (Å²) in [5, 5.41) is 18.8. The molecule has 3 aromatic rings. The van der Waals surface area contributed by atoms with Crippen LogP contribution >= 0.6 is 11.3 Å². The Balaban J connectivity index is 1.27. The number of carboxylic acids is 1. The van der Waals surface area contributed by atoms with Crippen molar-refractivity contribution in [3.8, 4) is 16.3 Å². The Labute approximate surface area is 235 Å². The summed E-state index contributed by atoms with van der Waals surface area (Å²) >= 11 is 1.25. The first kappa shape index (κ1) is 28.1. The van der Waals surface area contributed by atoms with E-state index in [1.54, 1.807) is 0 Å². The van der Waals surface area contributed by atoms with Crippen molar-refractivity contribution in [2.45, 2.75) is 39.5 Å². The molecule has 40 heavy (non-hydrogen) atoms. The van der Waals surface area contributed by atoms with Crippen molar-refractivity contribution in [1.29, 1.82) is 0 Å². The number of hydrogen-bond acceptors (Lipinski definition) is 7. The largest absolute Gasteiger partial charge is 0.492 e. The van der Waals surface area contributed by atoms with E-state index < -0.39 is 23.5 Å². The lowest BCUT2D eigenvalue weighted by molar-refractivity contribution is -0.143. The fourth-order valence-corrected chi connectivity index (χ4v) is 5.88. The van der Waals surface area contributed by atoms with Crippen molar-refractivity contribution in [1.82, 2.24) is 15.1 Å². The standard InChI is InChI=1S/C29H32F2N4O4S/c1-17-13-21(14-18(2)25(17)39-12-11-34-9-7-20(8-10-34)28(37)38)26-32-33-29(40-26)35(16-19-3-4-19)27(36)23-6-5-22(30)15-24(23)31/h5-6,13-15,19-20H,3-4,7-12,16H2,1-2H3,(H,37,38). The lowest BCUT2D eigenvalue weighted by Crippen LogP contribution is -2.38. The zero-order valence-electron chi connectivity index (χ0n) is 22.5. The molecule has 1 saturated carbocycles. The van der Waals surface area contributed by atoms with Gasteiger partial charge in [0.15, 0.2) is 0 Å². The number of halogens is 2. The molecule has 0 atom stereocenters. The lowest BCUT2D eigenvalue weighted by Gasteiger charge is -2.30. The molecule has 1 aliphatic carbocycles. The minimum atomic E-state index is -0.901. The van der Waals surface area contributed by atoms with Crippen LogP contribution in [0.4, 0.5) is 13.9 Å². The van der Waals surface area contributed by atoms with Gasteiger partial charge < -0.3 is 9.84 Å². The van der Waals surface area contributed by atoms with Gasteiger partial charge in [-0.25, -0.2) is 8.78 Å². The third-order valence-electron chi connectivity index (χ3n) is 7.49. The van der Waals surface area contributed by atoms with Gasteiger partial charge in [0.05, 0.1) is 11.5 Å². The van der Waals surface area contributed by atoms with Gasteiger partial charge in [-0.3, -0.25) is 19.4 Å². The van der Waals surface area contributed by atoms with Crippen molar-refractivity contribution in [3.63, 3.8) is 0 Å². The number of carbonyl (C=O) groups excluding carboxylic acids is 1. The van der Waals surface area contributed by atoms with Crippen LogP contribution in [0.25, 0.3) is 10.6 Å². The van der Waals surface area contributed by atoms with E-state index in [1.165, 1.54) is 22.3 Å². The average molecular weight is 571 g/mol. The number of aliphatic carboxylic acids is 1. The molecule has 1 saturated heterocycles. The highest BCUT2D eigenvalue weighted by atomic mass is 32.1. The molecule has 2 aromatic carbocycles. The van der Waals surface area contributed by atoms with Crippen LogP contribution in [0.15, 0.2) is 30.3 Å². The van der Waals surface area contributed by atoms with Gasteiger partial charge in [0.25, 0.3) is 5.91 Å². The van der Waals surface area contributed by atoms with Gasteiger partial charge in [0.2, 0.25) is 5.13 Å². The number of ether oxygens (including phenoxy) is 1. The van der Waals surface area contributed by atoms with Gasteiger partial charge in [-0.1, -0.05) is 11.3 Å². The van der Waals surface area contributed by atoms with Gasteiger partial charge in [0.1, 0.15) is 29.0 Å². The quantitative estimate of drug-likeness (QED) is 0.352. The van der Waals surface area contributed by atoms with Crippen LogP contribution in [0, 0.1) is 37.3 Å². The number of piperidine rings is 1. The van der Waals surface area contributed by atoms with Gasteiger partial charge in [-0.15, -0.1) is 10.2 Å². The highest BCUT2D eigenvalue weighted by Gasteiger charge is 2.31. The average Bonchev–Trinajstić information content (AvgIpc) is 3.61. The topological polar surface area (TPSA) is 95.9 Å². The van der Waals surface area contributed by atoms with Crippen LogP contribution < -0.4 is 9.64 Å². The Morgan fingerprint density at radius 2 is 1.77 bits per heavy atom. The summed E-state index contributed by atoms with van der Waals surface area (Å²) < 4.78 is 34.0. The second kappa shape index (κ2) is 12.0. The second-order valence-electron chi connectivity index (χ2n) is 10.6. The maximum Gasteiger partial charge on any atom is 0.306 e. The maximum absolute atomic E-state index is 14.4. The first-order valence-corrected chi connectivity index (χ1v) is 14.3. The number of aromatic nitrogens is 2. The van der Waals surface area contributed by atoms with Crippen LogP contribution in [-0.2, 0) is 4.79 Å². The highest BCUT2D eigenvalue weighted by molar-refractivity contribution is 7.18. The fraction of sp³-hybridized carbons (Fsp3) is 0.448. The van der Waals surface area contributed by atoms with Gasteiger partial charge in [-0.2, -0.15) is 0 Å². The van der Waals surface area contributed by atoms with Gasteiger partial charge in [0, 0.05) is 24.7 Å². The number of amides is 1. The Morgan fingerprint density at radius 1 is 1.07 bits per heavy atom. The van der Waals surface area contributed by atoms with E-state index in [9.17, 15) is 23.5 Å². The van der Waals surface area contributed by atoms with Crippen LogP contribution in [0.5, 0.6) is 5.75 Å². The van der Waals surface area contributed by atoms with E-state index in [0.717, 1.165) is 61.0 Å². The van der Waals surface area contributed by atoms with Crippen LogP contribution in [0.1, 0.15) is 47.2 Å². The minimum absolute atomic E-state index is 0.196. The molecule has 2 aliphatic rings. The van der Waals surface area contributed by atoms with Crippen molar-refractivity contribution in [2.75, 3.05) is 37.7 Å². The molecule has 0 bridgehead atoms. The third-order valence-corrected chi connectivity index (χ3v) is 8.48. The summed E-state index contributed by atoms with van der Waals surface area (Å²) in [5.41, 5.74) is 2.53. The van der Waals surface area contributed by atoms with Crippen molar-refractivity contribution >= 4 is 28.3 Å². The molecule has 1 aromatic heterocycles. The maximum atomic E-state index is 14.4. The molecule has 1 N–H and O–H groups in total. The molecule has 0 unspecified atom stereocenters. The number of benzene rings is 2. The number of nitrogens with zero attached hydrogens (tertiary/aromatic N) is 4. The number of aryl methyl sites for hydroxylation is 2. The summed E-state index contributed by atoms with van der Waals surface area (Å²) in [6, 6.07) is 6.89. The van der Waals surface area contributed by atoms with E-state index in [2.05, 4.69) is 15.1 Å². The predicted molar refractivity (Wildman–Crippen MR) is 148 cm³/mol. The monoisotopic (exact) mass is 570 g/mol. The molecule has 2 fully saturated rings. The zero-order valence-corrected chi connectivity index (χ0v) is 23.3. The van der Waals surface area contributed by atoms with E-state index in [-0.39, 0.29) is 11.5 Å². The number of hydrogen-bond donors (Lipinski definition) is 1. The van der Waals surface area contributed by atoms with E-state index in [0.29, 0.717) is 48.1 Å². The molecule has 1 amide bonds. The third kappa shape index (κ3) is 6.47. The van der Waals surface area contributed by atoms with Crippen molar-refractivity contribution < 1.29 is 28.2 Å². The van der Waals surface area contributed by atoms with E-state index in [4.69, 9.17) is 4.74 Å². The molecule has 212 valence electrons. The number of likely N-dealkylation sites (tertiary alicyclic amines) is 1. The highest BCUT2D eigenvalue weighted by Crippen LogP contribution is 2.37. The summed E-state index contributed by atoms with van der Waals surface area (Å²) in [4.78, 5) is 28.1. The Kier molecular flexibility index (Phi) is 8.41. The summed E-state index contributed by atoms with van der Waals surface area (Å²) in [7, 11) is 0. The van der Waals surface area contributed by atoms with Crippen LogP contribution in [0.2, 0.25) is 0 Å². The zero-order chi connectivity index (χ0) is 28.4. The first-order valence-electron chi connectivity index (χ1n) is 13.5. The Morgan fingerprint density at radius 3 is 2.40 bits per heavy atom. The number of carbonyl (C=O) groups is 2. The number of rotatable bonds is 10. The van der Waals surface area contributed by atoms with Gasteiger partial charge in [-0.05, 0) is 93.9 Å². The molecule has 0 spiro atoms. The molecule has 2 heterocycles. The van der Waals surface area contributed by atoms with Crippen molar-refractivity contribution in [3.05, 3.63) is 58.7 Å². The lowest BCUT2D eigenvalue weighted by atomic mass is 9.97.